The van der Waals surface area contributed by atoms with E-state index in [1.807, 2.05) is 24.3 Å². The second kappa shape index (κ2) is 11.6. The van der Waals surface area contributed by atoms with Gasteiger partial charge in [0.25, 0.3) is 0 Å². The van der Waals surface area contributed by atoms with Gasteiger partial charge in [0.15, 0.2) is 0 Å². The van der Waals surface area contributed by atoms with Crippen LogP contribution in [0.3, 0.4) is 0 Å². The van der Waals surface area contributed by atoms with E-state index in [0.29, 0.717) is 0 Å². The third-order valence-electron chi connectivity index (χ3n) is 3.72. The van der Waals surface area contributed by atoms with Crippen molar-refractivity contribution in [3.63, 3.8) is 0 Å². The monoisotopic (exact) mass is 316 g/mol. The van der Waals surface area contributed by atoms with Gasteiger partial charge in [-0.2, -0.15) is 0 Å². The number of carbonyl (C=O) groups is 1. The standard InChI is InChI=1S/C20H28O3/c1-4-6-7-8-9-15-23-19-13-11-17(12-14-19)18(10-5-2)16-20(21)22-3/h11-14,18H,4,6-9,15-16H2,1-3H3. The Bertz CT molecular complexity index is 508. The predicted octanol–water partition coefficient (Wildman–Crippen LogP) is 4.71. The van der Waals surface area contributed by atoms with Gasteiger partial charge in [-0.05, 0) is 31.0 Å². The van der Waals surface area contributed by atoms with E-state index in [1.54, 1.807) is 6.92 Å². The molecule has 0 N–H and O–H groups in total. The Morgan fingerprint density at radius 2 is 1.83 bits per heavy atom. The number of benzene rings is 1. The lowest BCUT2D eigenvalue weighted by molar-refractivity contribution is -0.140. The van der Waals surface area contributed by atoms with Crippen molar-refractivity contribution in [1.82, 2.24) is 0 Å². The summed E-state index contributed by atoms with van der Waals surface area (Å²) in [5.41, 5.74) is 1.01. The zero-order valence-electron chi connectivity index (χ0n) is 14.6. The van der Waals surface area contributed by atoms with Gasteiger partial charge in [0.2, 0.25) is 0 Å². The highest BCUT2D eigenvalue weighted by Crippen LogP contribution is 2.22. The molecule has 0 bridgehead atoms. The zero-order chi connectivity index (χ0) is 16.9. The lowest BCUT2D eigenvalue weighted by Gasteiger charge is -2.11. The van der Waals surface area contributed by atoms with Crippen molar-refractivity contribution in [3.05, 3.63) is 29.8 Å². The minimum Gasteiger partial charge on any atom is -0.494 e. The van der Waals surface area contributed by atoms with E-state index in [-0.39, 0.29) is 18.3 Å². The van der Waals surface area contributed by atoms with Crippen molar-refractivity contribution in [2.45, 2.75) is 58.3 Å². The molecule has 23 heavy (non-hydrogen) atoms. The topological polar surface area (TPSA) is 35.5 Å². The first kappa shape index (κ1) is 19.1. The second-order valence-corrected chi connectivity index (χ2v) is 5.56. The Morgan fingerprint density at radius 1 is 1.13 bits per heavy atom. The maximum Gasteiger partial charge on any atom is 0.307 e. The molecule has 1 rings (SSSR count). The van der Waals surface area contributed by atoms with Crippen LogP contribution >= 0.6 is 0 Å². The van der Waals surface area contributed by atoms with Crippen molar-refractivity contribution >= 4 is 5.97 Å². The number of ether oxygens (including phenoxy) is 2. The smallest absolute Gasteiger partial charge is 0.307 e. The van der Waals surface area contributed by atoms with Crippen LogP contribution in [0, 0.1) is 11.8 Å². The number of unbranched alkanes of at least 4 members (excludes halogenated alkanes) is 4. The normalized spacial score (nSPS) is 11.3. The minimum atomic E-state index is -0.245. The van der Waals surface area contributed by atoms with E-state index in [1.165, 1.54) is 32.8 Å². The molecular formula is C20H28O3. The Kier molecular flexibility index (Phi) is 9.63. The summed E-state index contributed by atoms with van der Waals surface area (Å²) in [6, 6.07) is 7.85. The summed E-state index contributed by atoms with van der Waals surface area (Å²) >= 11 is 0. The fraction of sp³-hybridized carbons (Fsp3) is 0.550. The summed E-state index contributed by atoms with van der Waals surface area (Å²) in [4.78, 5) is 11.5. The van der Waals surface area contributed by atoms with Crippen LogP contribution in [0.25, 0.3) is 0 Å². The van der Waals surface area contributed by atoms with Crippen molar-refractivity contribution < 1.29 is 14.3 Å². The fourth-order valence-electron chi connectivity index (χ4n) is 2.37. The zero-order valence-corrected chi connectivity index (χ0v) is 14.6. The first-order valence-corrected chi connectivity index (χ1v) is 8.43. The number of hydrogen-bond donors (Lipinski definition) is 0. The molecule has 0 radical (unpaired) electrons. The van der Waals surface area contributed by atoms with Gasteiger partial charge in [0.1, 0.15) is 5.75 Å². The first-order chi connectivity index (χ1) is 11.2. The maximum absolute atomic E-state index is 11.5. The average molecular weight is 316 g/mol. The molecule has 3 heteroatoms. The molecule has 3 nitrogen and oxygen atoms in total. The summed E-state index contributed by atoms with van der Waals surface area (Å²) in [7, 11) is 1.40. The van der Waals surface area contributed by atoms with E-state index in [0.717, 1.165) is 24.3 Å². The third kappa shape index (κ3) is 7.74. The molecule has 1 unspecified atom stereocenters. The molecule has 1 aromatic rings. The van der Waals surface area contributed by atoms with Crippen molar-refractivity contribution in [1.29, 1.82) is 0 Å². The highest BCUT2D eigenvalue weighted by Gasteiger charge is 2.14. The molecule has 0 heterocycles. The van der Waals surface area contributed by atoms with Crippen LogP contribution < -0.4 is 4.74 Å². The number of rotatable bonds is 10. The van der Waals surface area contributed by atoms with Crippen LogP contribution in [0.4, 0.5) is 0 Å². The van der Waals surface area contributed by atoms with Crippen LogP contribution in [0.15, 0.2) is 24.3 Å². The van der Waals surface area contributed by atoms with Gasteiger partial charge in [0.05, 0.1) is 26.1 Å². The van der Waals surface area contributed by atoms with Gasteiger partial charge in [-0.1, -0.05) is 50.7 Å². The molecule has 0 aliphatic heterocycles. The number of methoxy groups -OCH3 is 1. The molecular weight excluding hydrogens is 288 g/mol. The molecule has 0 fully saturated rings. The SMILES string of the molecule is CC#CC(CC(=O)OC)c1ccc(OCCCCCCC)cc1. The van der Waals surface area contributed by atoms with Crippen LogP contribution in [-0.2, 0) is 9.53 Å². The summed E-state index contributed by atoms with van der Waals surface area (Å²) in [6.07, 6.45) is 6.43. The molecule has 0 aliphatic rings. The highest BCUT2D eigenvalue weighted by atomic mass is 16.5. The Morgan fingerprint density at radius 3 is 2.43 bits per heavy atom. The molecule has 0 spiro atoms. The maximum atomic E-state index is 11.5. The Hall–Kier alpha value is -1.95. The first-order valence-electron chi connectivity index (χ1n) is 8.43. The summed E-state index contributed by atoms with van der Waals surface area (Å²) in [5, 5.41) is 0. The van der Waals surface area contributed by atoms with Crippen molar-refractivity contribution in [2.24, 2.45) is 0 Å². The number of carbonyl (C=O) groups excluding carboxylic acids is 1. The summed E-state index contributed by atoms with van der Waals surface area (Å²) < 4.78 is 10.5. The van der Waals surface area contributed by atoms with Crippen LogP contribution in [0.5, 0.6) is 5.75 Å². The van der Waals surface area contributed by atoms with E-state index >= 15 is 0 Å². The van der Waals surface area contributed by atoms with E-state index in [4.69, 9.17) is 9.47 Å². The molecule has 1 aromatic carbocycles. The fourth-order valence-corrected chi connectivity index (χ4v) is 2.37. The molecule has 126 valence electrons. The van der Waals surface area contributed by atoms with Crippen molar-refractivity contribution in [2.75, 3.05) is 13.7 Å². The summed E-state index contributed by atoms with van der Waals surface area (Å²) in [6.45, 7) is 4.75. The van der Waals surface area contributed by atoms with E-state index in [9.17, 15) is 4.79 Å². The number of hydrogen-bond acceptors (Lipinski definition) is 3. The van der Waals surface area contributed by atoms with Crippen molar-refractivity contribution in [3.8, 4) is 17.6 Å². The lowest BCUT2D eigenvalue weighted by atomic mass is 9.96. The van der Waals surface area contributed by atoms with Crippen LogP contribution in [0.2, 0.25) is 0 Å². The Balaban J connectivity index is 2.49. The van der Waals surface area contributed by atoms with E-state index < -0.39 is 0 Å². The largest absolute Gasteiger partial charge is 0.494 e. The number of esters is 1. The predicted molar refractivity (Wildman–Crippen MR) is 93.5 cm³/mol. The van der Waals surface area contributed by atoms with Gasteiger partial charge in [-0.25, -0.2) is 0 Å². The average Bonchev–Trinajstić information content (AvgIpc) is 2.58. The molecule has 0 saturated heterocycles. The van der Waals surface area contributed by atoms with Crippen LogP contribution in [-0.4, -0.2) is 19.7 Å². The molecule has 1 atom stereocenters. The molecule has 0 amide bonds. The van der Waals surface area contributed by atoms with Crippen LogP contribution in [0.1, 0.15) is 63.9 Å². The minimum absolute atomic E-state index is 0.129. The van der Waals surface area contributed by atoms with Gasteiger partial charge < -0.3 is 9.47 Å². The Labute approximate surface area is 140 Å². The summed E-state index contributed by atoms with van der Waals surface area (Å²) in [5.74, 6) is 6.44. The second-order valence-electron chi connectivity index (χ2n) is 5.56. The van der Waals surface area contributed by atoms with Gasteiger partial charge in [-0.15, -0.1) is 5.92 Å². The quantitative estimate of drug-likeness (QED) is 0.356. The highest BCUT2D eigenvalue weighted by molar-refractivity contribution is 5.71. The van der Waals surface area contributed by atoms with Gasteiger partial charge in [-0.3, -0.25) is 4.79 Å². The lowest BCUT2D eigenvalue weighted by Crippen LogP contribution is -2.07. The van der Waals surface area contributed by atoms with Gasteiger partial charge >= 0.3 is 5.97 Å². The van der Waals surface area contributed by atoms with Gasteiger partial charge in [0, 0.05) is 0 Å². The molecule has 0 saturated carbocycles. The third-order valence-corrected chi connectivity index (χ3v) is 3.72. The molecule has 0 aromatic heterocycles. The molecule has 0 aliphatic carbocycles. The van der Waals surface area contributed by atoms with E-state index in [2.05, 4.69) is 18.8 Å².